The van der Waals surface area contributed by atoms with Crippen molar-refractivity contribution in [2.24, 2.45) is 11.7 Å². The number of rotatable bonds is 6. The predicted molar refractivity (Wildman–Crippen MR) is 117 cm³/mol. The van der Waals surface area contributed by atoms with Crippen molar-refractivity contribution < 1.29 is 18.7 Å². The zero-order chi connectivity index (χ0) is 23.2. The summed E-state index contributed by atoms with van der Waals surface area (Å²) in [5, 5.41) is 12.6. The molecule has 3 atom stereocenters. The van der Waals surface area contributed by atoms with Crippen molar-refractivity contribution in [3.05, 3.63) is 57.9 Å². The maximum atomic E-state index is 14.1. The van der Waals surface area contributed by atoms with E-state index in [-0.39, 0.29) is 12.5 Å². The van der Waals surface area contributed by atoms with Gasteiger partial charge in [0, 0.05) is 28.9 Å². The first-order chi connectivity index (χ1) is 15.2. The predicted octanol–water partition coefficient (Wildman–Crippen LogP) is 3.71. The summed E-state index contributed by atoms with van der Waals surface area (Å²) in [6.45, 7) is 5.42. The molecule has 0 radical (unpaired) electrons. The van der Waals surface area contributed by atoms with Gasteiger partial charge in [0.05, 0.1) is 42.5 Å². The van der Waals surface area contributed by atoms with Crippen LogP contribution in [0.5, 0.6) is 11.6 Å². The third kappa shape index (κ3) is 3.64. The van der Waals surface area contributed by atoms with Crippen LogP contribution in [0.15, 0.2) is 35.7 Å². The van der Waals surface area contributed by atoms with Crippen molar-refractivity contribution >= 4 is 11.6 Å². The van der Waals surface area contributed by atoms with Gasteiger partial charge in [-0.25, -0.2) is 9.37 Å². The van der Waals surface area contributed by atoms with Crippen molar-refractivity contribution in [2.75, 3.05) is 19.0 Å². The van der Waals surface area contributed by atoms with E-state index in [1.807, 2.05) is 6.92 Å². The maximum absolute atomic E-state index is 14.1. The van der Waals surface area contributed by atoms with Crippen LogP contribution in [0.1, 0.15) is 48.4 Å². The minimum Gasteiger partial charge on any atom is -0.496 e. The van der Waals surface area contributed by atoms with Crippen LogP contribution in [0.25, 0.3) is 0 Å². The first-order valence-electron chi connectivity index (χ1n) is 10.3. The van der Waals surface area contributed by atoms with Gasteiger partial charge in [0.25, 0.3) is 0 Å². The molecule has 1 saturated carbocycles. The number of alkyl halides is 1. The number of primary amides is 1. The Labute approximate surface area is 186 Å². The summed E-state index contributed by atoms with van der Waals surface area (Å²) in [6, 6.07) is 7.12. The number of ether oxygens (including phenoxy) is 2. The largest absolute Gasteiger partial charge is 0.496 e. The molecular formula is C24H25FN4O3. The SMILES string of the molecule is COc1cc(C#N)ccc1[C@H]1C(C(N)=O)=C(C)Nc2c(C)cnc(OCC3CC3(C)F)c21. The van der Waals surface area contributed by atoms with E-state index in [2.05, 4.69) is 16.4 Å². The Morgan fingerprint density at radius 3 is 2.75 bits per heavy atom. The number of allylic oxidation sites excluding steroid dienone is 1. The zero-order valence-corrected chi connectivity index (χ0v) is 18.5. The fourth-order valence-electron chi connectivity index (χ4n) is 4.27. The number of halogens is 1. The fourth-order valence-corrected chi connectivity index (χ4v) is 4.27. The van der Waals surface area contributed by atoms with Crippen LogP contribution in [-0.2, 0) is 4.79 Å². The number of nitriles is 1. The van der Waals surface area contributed by atoms with Gasteiger partial charge in [-0.2, -0.15) is 5.26 Å². The first kappa shape index (κ1) is 21.6. The molecular weight excluding hydrogens is 411 g/mol. The van der Waals surface area contributed by atoms with Gasteiger partial charge in [0.1, 0.15) is 11.4 Å². The highest BCUT2D eigenvalue weighted by molar-refractivity contribution is 5.98. The van der Waals surface area contributed by atoms with E-state index in [1.165, 1.54) is 7.11 Å². The second kappa shape index (κ2) is 7.83. The smallest absolute Gasteiger partial charge is 0.247 e. The molecule has 2 unspecified atom stereocenters. The molecule has 1 fully saturated rings. The Kier molecular flexibility index (Phi) is 5.29. The number of aromatic nitrogens is 1. The van der Waals surface area contributed by atoms with Gasteiger partial charge >= 0.3 is 0 Å². The molecule has 3 N–H and O–H groups in total. The van der Waals surface area contributed by atoms with Crippen LogP contribution in [0.2, 0.25) is 0 Å². The van der Waals surface area contributed by atoms with E-state index >= 15 is 0 Å². The number of amides is 1. The quantitative estimate of drug-likeness (QED) is 0.714. The van der Waals surface area contributed by atoms with E-state index in [4.69, 9.17) is 15.2 Å². The highest BCUT2D eigenvalue weighted by Gasteiger charge is 2.51. The normalized spacial score (nSPS) is 23.6. The number of fused-ring (bicyclic) bond motifs is 1. The van der Waals surface area contributed by atoms with Crippen molar-refractivity contribution in [3.63, 3.8) is 0 Å². The van der Waals surface area contributed by atoms with Crippen LogP contribution in [0.4, 0.5) is 10.1 Å². The second-order valence-corrected chi connectivity index (χ2v) is 8.55. The van der Waals surface area contributed by atoms with Crippen LogP contribution in [0.3, 0.4) is 0 Å². The average Bonchev–Trinajstić information content (AvgIpc) is 3.38. The Morgan fingerprint density at radius 1 is 1.44 bits per heavy atom. The molecule has 166 valence electrons. The zero-order valence-electron chi connectivity index (χ0n) is 18.5. The van der Waals surface area contributed by atoms with E-state index in [1.54, 1.807) is 38.2 Å². The summed E-state index contributed by atoms with van der Waals surface area (Å²) < 4.78 is 25.6. The van der Waals surface area contributed by atoms with Gasteiger partial charge in [-0.05, 0) is 44.9 Å². The lowest BCUT2D eigenvalue weighted by molar-refractivity contribution is -0.114. The molecule has 0 bridgehead atoms. The number of aryl methyl sites for hydroxylation is 1. The number of nitrogens with one attached hydrogen (secondary N) is 1. The Balaban J connectivity index is 1.90. The summed E-state index contributed by atoms with van der Waals surface area (Å²) in [5.41, 5.74) is 8.86. The van der Waals surface area contributed by atoms with Gasteiger partial charge in [0.2, 0.25) is 11.8 Å². The molecule has 8 heteroatoms. The van der Waals surface area contributed by atoms with Gasteiger partial charge in [0.15, 0.2) is 0 Å². The fraction of sp³-hybridized carbons (Fsp3) is 0.375. The highest BCUT2D eigenvalue weighted by Crippen LogP contribution is 2.50. The lowest BCUT2D eigenvalue weighted by Crippen LogP contribution is -2.29. The Hall–Kier alpha value is -3.60. The van der Waals surface area contributed by atoms with Crippen molar-refractivity contribution in [1.82, 2.24) is 4.98 Å². The van der Waals surface area contributed by atoms with E-state index in [9.17, 15) is 14.4 Å². The van der Waals surface area contributed by atoms with Crippen LogP contribution in [0, 0.1) is 24.2 Å². The Bertz CT molecular complexity index is 1180. The van der Waals surface area contributed by atoms with E-state index in [0.717, 1.165) is 11.3 Å². The van der Waals surface area contributed by atoms with E-state index in [0.29, 0.717) is 46.0 Å². The molecule has 7 nitrogen and oxygen atoms in total. The minimum absolute atomic E-state index is 0.182. The maximum Gasteiger partial charge on any atom is 0.247 e. The monoisotopic (exact) mass is 436 g/mol. The van der Waals surface area contributed by atoms with Crippen molar-refractivity contribution in [3.8, 4) is 17.7 Å². The summed E-state index contributed by atoms with van der Waals surface area (Å²) >= 11 is 0. The van der Waals surface area contributed by atoms with E-state index < -0.39 is 17.5 Å². The average molecular weight is 436 g/mol. The van der Waals surface area contributed by atoms with Crippen LogP contribution >= 0.6 is 0 Å². The minimum atomic E-state index is -1.23. The van der Waals surface area contributed by atoms with Crippen molar-refractivity contribution in [1.29, 1.82) is 5.26 Å². The number of anilines is 1. The number of nitrogens with two attached hydrogens (primary N) is 1. The number of carbonyl (C=O) groups excluding carboxylic acids is 1. The summed E-state index contributed by atoms with van der Waals surface area (Å²) in [4.78, 5) is 17.0. The third-order valence-corrected chi connectivity index (χ3v) is 6.26. The molecule has 32 heavy (non-hydrogen) atoms. The molecule has 2 aromatic rings. The highest BCUT2D eigenvalue weighted by atomic mass is 19.1. The number of pyridine rings is 1. The summed E-state index contributed by atoms with van der Waals surface area (Å²) in [7, 11) is 1.50. The topological polar surface area (TPSA) is 110 Å². The molecule has 1 aliphatic heterocycles. The molecule has 1 aromatic heterocycles. The second-order valence-electron chi connectivity index (χ2n) is 8.55. The molecule has 4 rings (SSSR count). The van der Waals surface area contributed by atoms with Crippen LogP contribution in [-0.4, -0.2) is 30.3 Å². The summed E-state index contributed by atoms with van der Waals surface area (Å²) in [5.74, 6) is -0.677. The number of methoxy groups -OCH3 is 1. The third-order valence-electron chi connectivity index (χ3n) is 6.26. The number of hydrogen-bond acceptors (Lipinski definition) is 6. The number of benzene rings is 1. The van der Waals surface area contributed by atoms with Gasteiger partial charge in [-0.1, -0.05) is 6.07 Å². The van der Waals surface area contributed by atoms with Crippen LogP contribution < -0.4 is 20.5 Å². The number of hydrogen-bond donors (Lipinski definition) is 2. The molecule has 1 aliphatic carbocycles. The molecule has 2 aliphatic rings. The number of carbonyl (C=O) groups is 1. The molecule has 1 aromatic carbocycles. The molecule has 1 amide bonds. The lowest BCUT2D eigenvalue weighted by atomic mass is 9.79. The lowest BCUT2D eigenvalue weighted by Gasteiger charge is -2.32. The summed E-state index contributed by atoms with van der Waals surface area (Å²) in [6.07, 6.45) is 2.12. The Morgan fingerprint density at radius 2 is 2.16 bits per heavy atom. The van der Waals surface area contributed by atoms with Gasteiger partial charge in [-0.15, -0.1) is 0 Å². The number of nitrogens with zero attached hydrogens (tertiary/aromatic N) is 2. The molecule has 0 spiro atoms. The standard InChI is InChI=1S/C24H25FN4O3/c1-12-10-28-23(32-11-15-8-24(15,3)25)20-19(18(22(27)30)13(2)29-21(12)20)16-6-5-14(9-26)7-17(16)31-4/h5-7,10,15,19,29H,8,11H2,1-4H3,(H2,27,30)/t15?,19-,24?/m0/s1. The van der Waals surface area contributed by atoms with Gasteiger partial charge < -0.3 is 20.5 Å². The first-order valence-corrected chi connectivity index (χ1v) is 10.3. The van der Waals surface area contributed by atoms with Crippen molar-refractivity contribution in [2.45, 2.75) is 38.8 Å². The van der Waals surface area contributed by atoms with Gasteiger partial charge in [-0.3, -0.25) is 4.79 Å². The molecule has 0 saturated heterocycles. The molecule has 2 heterocycles.